The first-order valence-electron chi connectivity index (χ1n) is 7.60. The third-order valence-electron chi connectivity index (χ3n) is 3.39. The van der Waals surface area contributed by atoms with Gasteiger partial charge in [-0.1, -0.05) is 12.1 Å². The fourth-order valence-electron chi connectivity index (χ4n) is 2.22. The molecule has 0 fully saturated rings. The maximum absolute atomic E-state index is 11.9. The van der Waals surface area contributed by atoms with E-state index in [1.165, 1.54) is 6.07 Å². The Morgan fingerprint density at radius 2 is 2.08 bits per heavy atom. The molecular weight excluding hydrogens is 356 g/mol. The van der Waals surface area contributed by atoms with Crippen LogP contribution < -0.4 is 9.46 Å². The maximum Gasteiger partial charge on any atom is 0.264 e. The van der Waals surface area contributed by atoms with Gasteiger partial charge in [-0.3, -0.25) is 14.9 Å². The van der Waals surface area contributed by atoms with Gasteiger partial charge in [0.2, 0.25) is 10.0 Å². The summed E-state index contributed by atoms with van der Waals surface area (Å²) in [5.41, 5.74) is 2.52. The number of nitrogens with one attached hydrogen (secondary N) is 2. The number of H-pyrrole nitrogens is 1. The third kappa shape index (κ3) is 4.67. The summed E-state index contributed by atoms with van der Waals surface area (Å²) in [7, 11) is -3.61. The van der Waals surface area contributed by atoms with Crippen molar-refractivity contribution in [1.82, 2.24) is 19.9 Å². The van der Waals surface area contributed by atoms with E-state index in [1.54, 1.807) is 42.7 Å². The number of carbonyl (C=O) groups excluding carboxylic acids is 1. The minimum Gasteiger partial charge on any atom is -0.487 e. The molecule has 0 bridgehead atoms. The van der Waals surface area contributed by atoms with Crippen molar-refractivity contribution >= 4 is 15.9 Å². The van der Waals surface area contributed by atoms with Crippen LogP contribution in [-0.4, -0.2) is 35.8 Å². The molecule has 3 aromatic rings. The summed E-state index contributed by atoms with van der Waals surface area (Å²) in [6.45, 7) is 0.213. The molecule has 0 saturated carbocycles. The van der Waals surface area contributed by atoms with Gasteiger partial charge < -0.3 is 4.74 Å². The zero-order valence-electron chi connectivity index (χ0n) is 13.8. The molecule has 0 unspecified atom stereocenters. The molecule has 0 aliphatic carbocycles. The summed E-state index contributed by atoms with van der Waals surface area (Å²) in [6.07, 6.45) is 4.17. The topological polar surface area (TPSA) is 114 Å². The number of hydrogen-bond acceptors (Lipinski definition) is 6. The van der Waals surface area contributed by atoms with Crippen LogP contribution in [0.4, 0.5) is 0 Å². The number of aromatic nitrogens is 3. The molecule has 134 valence electrons. The Morgan fingerprint density at radius 1 is 1.23 bits per heavy atom. The Bertz CT molecular complexity index is 1000. The average Bonchev–Trinajstić information content (AvgIpc) is 3.14. The van der Waals surface area contributed by atoms with E-state index in [0.29, 0.717) is 5.75 Å². The lowest BCUT2D eigenvalue weighted by Gasteiger charge is -2.08. The fourth-order valence-corrected chi connectivity index (χ4v) is 2.67. The quantitative estimate of drug-likeness (QED) is 0.681. The lowest BCUT2D eigenvalue weighted by molar-refractivity contribution is 0.0981. The van der Waals surface area contributed by atoms with Crippen molar-refractivity contribution in [1.29, 1.82) is 0 Å². The number of sulfonamides is 1. The number of aromatic amines is 1. The van der Waals surface area contributed by atoms with Crippen LogP contribution in [0.3, 0.4) is 0 Å². The molecule has 1 aromatic carbocycles. The smallest absolute Gasteiger partial charge is 0.264 e. The van der Waals surface area contributed by atoms with E-state index in [-0.39, 0.29) is 12.2 Å². The molecule has 2 aromatic heterocycles. The number of rotatable bonds is 6. The first kappa shape index (κ1) is 17.6. The van der Waals surface area contributed by atoms with E-state index in [2.05, 4.69) is 15.2 Å². The van der Waals surface area contributed by atoms with Crippen molar-refractivity contribution in [2.24, 2.45) is 0 Å². The largest absolute Gasteiger partial charge is 0.487 e. The van der Waals surface area contributed by atoms with Gasteiger partial charge in [-0.15, -0.1) is 0 Å². The van der Waals surface area contributed by atoms with Gasteiger partial charge in [-0.2, -0.15) is 5.10 Å². The van der Waals surface area contributed by atoms with Crippen molar-refractivity contribution in [3.8, 4) is 17.1 Å². The Morgan fingerprint density at radius 3 is 2.73 bits per heavy atom. The highest BCUT2D eigenvalue weighted by atomic mass is 32.2. The molecule has 2 N–H and O–H groups in total. The molecule has 2 heterocycles. The van der Waals surface area contributed by atoms with Crippen LogP contribution in [0.15, 0.2) is 54.9 Å². The molecule has 0 aliphatic heterocycles. The van der Waals surface area contributed by atoms with Gasteiger partial charge in [-0.05, 0) is 35.9 Å². The number of benzene rings is 1. The highest BCUT2D eigenvalue weighted by molar-refractivity contribution is 7.89. The molecule has 8 nitrogen and oxygen atoms in total. The number of carbonyl (C=O) groups is 1. The second-order valence-electron chi connectivity index (χ2n) is 5.54. The van der Waals surface area contributed by atoms with Gasteiger partial charge in [-0.25, -0.2) is 13.1 Å². The van der Waals surface area contributed by atoms with Gasteiger partial charge >= 0.3 is 0 Å². The van der Waals surface area contributed by atoms with E-state index in [0.717, 1.165) is 23.2 Å². The standard InChI is InChI=1S/C17H16N4O4S/c1-26(23,24)21-17(22)13-4-2-3-12(9-13)11-25-14-5-6-15(18-10-14)16-7-8-19-20-16/h2-10H,11H2,1H3,(H,19,20)(H,21,22). The minimum atomic E-state index is -3.61. The van der Waals surface area contributed by atoms with Crippen LogP contribution >= 0.6 is 0 Å². The predicted molar refractivity (Wildman–Crippen MR) is 94.9 cm³/mol. The second kappa shape index (κ2) is 7.36. The summed E-state index contributed by atoms with van der Waals surface area (Å²) < 4.78 is 29.9. The number of ether oxygens (including phenoxy) is 1. The summed E-state index contributed by atoms with van der Waals surface area (Å²) in [6, 6.07) is 12.0. The number of amides is 1. The number of nitrogens with zero attached hydrogens (tertiary/aromatic N) is 2. The van der Waals surface area contributed by atoms with Crippen molar-refractivity contribution in [3.05, 3.63) is 66.0 Å². The lowest BCUT2D eigenvalue weighted by Crippen LogP contribution is -2.29. The molecule has 9 heteroatoms. The van der Waals surface area contributed by atoms with Crippen molar-refractivity contribution in [3.63, 3.8) is 0 Å². The van der Waals surface area contributed by atoms with E-state index in [9.17, 15) is 13.2 Å². The summed E-state index contributed by atoms with van der Waals surface area (Å²) in [5.74, 6) is -0.112. The Kier molecular flexibility index (Phi) is 4.99. The minimum absolute atomic E-state index is 0.213. The molecule has 26 heavy (non-hydrogen) atoms. The number of pyridine rings is 1. The van der Waals surface area contributed by atoms with Crippen LogP contribution in [0.2, 0.25) is 0 Å². The van der Waals surface area contributed by atoms with E-state index >= 15 is 0 Å². The van der Waals surface area contributed by atoms with Crippen molar-refractivity contribution in [2.75, 3.05) is 6.26 Å². The zero-order chi connectivity index (χ0) is 18.6. The lowest BCUT2D eigenvalue weighted by atomic mass is 10.1. The van der Waals surface area contributed by atoms with Crippen LogP contribution in [-0.2, 0) is 16.6 Å². The van der Waals surface area contributed by atoms with E-state index in [4.69, 9.17) is 4.74 Å². The zero-order valence-corrected chi connectivity index (χ0v) is 14.7. The molecule has 0 spiro atoms. The predicted octanol–water partition coefficient (Wildman–Crippen LogP) is 1.74. The molecule has 0 aliphatic rings. The SMILES string of the molecule is CS(=O)(=O)NC(=O)c1cccc(COc2ccc(-c3ccn[nH]3)nc2)c1. The molecule has 0 radical (unpaired) electrons. The Balaban J connectivity index is 1.64. The van der Waals surface area contributed by atoms with Crippen LogP contribution in [0.5, 0.6) is 5.75 Å². The van der Waals surface area contributed by atoms with Gasteiger partial charge in [0, 0.05) is 11.8 Å². The van der Waals surface area contributed by atoms with Gasteiger partial charge in [0.25, 0.3) is 5.91 Å². The molecule has 0 saturated heterocycles. The fraction of sp³-hybridized carbons (Fsp3) is 0.118. The summed E-state index contributed by atoms with van der Waals surface area (Å²) in [5, 5.41) is 6.70. The molecule has 3 rings (SSSR count). The second-order valence-corrected chi connectivity index (χ2v) is 7.29. The van der Waals surface area contributed by atoms with Gasteiger partial charge in [0.15, 0.2) is 0 Å². The first-order valence-corrected chi connectivity index (χ1v) is 9.49. The molecular formula is C17H16N4O4S. The van der Waals surface area contributed by atoms with Crippen molar-refractivity contribution < 1.29 is 17.9 Å². The highest BCUT2D eigenvalue weighted by Crippen LogP contribution is 2.18. The first-order chi connectivity index (χ1) is 12.4. The molecule has 1 amide bonds. The third-order valence-corrected chi connectivity index (χ3v) is 3.94. The van der Waals surface area contributed by atoms with Crippen LogP contribution in [0.1, 0.15) is 15.9 Å². The summed E-state index contributed by atoms with van der Waals surface area (Å²) >= 11 is 0. The monoisotopic (exact) mass is 372 g/mol. The average molecular weight is 372 g/mol. The van der Waals surface area contributed by atoms with Crippen LogP contribution in [0, 0.1) is 0 Å². The Labute approximate surface area is 150 Å². The highest BCUT2D eigenvalue weighted by Gasteiger charge is 2.11. The normalized spacial score (nSPS) is 11.1. The van der Waals surface area contributed by atoms with E-state index in [1.807, 2.05) is 10.8 Å². The van der Waals surface area contributed by atoms with Gasteiger partial charge in [0.1, 0.15) is 12.4 Å². The number of hydrogen-bond donors (Lipinski definition) is 2. The maximum atomic E-state index is 11.9. The van der Waals surface area contributed by atoms with Crippen molar-refractivity contribution in [2.45, 2.75) is 6.61 Å². The summed E-state index contributed by atoms with van der Waals surface area (Å²) in [4.78, 5) is 16.2. The Hall–Kier alpha value is -3.20. The van der Waals surface area contributed by atoms with E-state index < -0.39 is 15.9 Å². The molecule has 0 atom stereocenters. The van der Waals surface area contributed by atoms with Crippen LogP contribution in [0.25, 0.3) is 11.4 Å². The van der Waals surface area contributed by atoms with Gasteiger partial charge in [0.05, 0.1) is 23.8 Å².